The van der Waals surface area contributed by atoms with E-state index >= 15 is 0 Å². The summed E-state index contributed by atoms with van der Waals surface area (Å²) in [4.78, 5) is 16.0. The third-order valence-electron chi connectivity index (χ3n) is 2.34. The molecule has 19 heavy (non-hydrogen) atoms. The number of carbonyl (C=O) groups excluding carboxylic acids is 1. The van der Waals surface area contributed by atoms with Gasteiger partial charge in [0.15, 0.2) is 0 Å². The van der Waals surface area contributed by atoms with Crippen LogP contribution in [0, 0.1) is 0 Å². The largest absolute Gasteiger partial charge is 0.463 e. The van der Waals surface area contributed by atoms with Crippen molar-refractivity contribution in [3.63, 3.8) is 0 Å². The molecule has 1 aromatic carbocycles. The average molecular weight is 296 g/mol. The van der Waals surface area contributed by atoms with Gasteiger partial charge in [-0.1, -0.05) is 23.7 Å². The van der Waals surface area contributed by atoms with Crippen molar-refractivity contribution in [1.29, 1.82) is 0 Å². The molecule has 0 unspecified atom stereocenters. The molecule has 0 atom stereocenters. The SMILES string of the molecule is CC(C)OC(=O)Cc1csc(-c2ccc(Cl)cc2)n1. The third-order valence-corrected chi connectivity index (χ3v) is 3.53. The summed E-state index contributed by atoms with van der Waals surface area (Å²) >= 11 is 7.35. The van der Waals surface area contributed by atoms with Gasteiger partial charge in [0, 0.05) is 16.0 Å². The van der Waals surface area contributed by atoms with Crippen LogP contribution in [0.3, 0.4) is 0 Å². The monoisotopic (exact) mass is 295 g/mol. The van der Waals surface area contributed by atoms with E-state index in [1.165, 1.54) is 11.3 Å². The lowest BCUT2D eigenvalue weighted by Gasteiger charge is -2.05. The zero-order valence-electron chi connectivity index (χ0n) is 10.7. The van der Waals surface area contributed by atoms with Crippen molar-refractivity contribution in [2.24, 2.45) is 0 Å². The number of nitrogens with zero attached hydrogens (tertiary/aromatic N) is 1. The first-order chi connectivity index (χ1) is 9.04. The van der Waals surface area contributed by atoms with Crippen LogP contribution in [0.25, 0.3) is 10.6 Å². The highest BCUT2D eigenvalue weighted by Gasteiger charge is 2.11. The predicted molar refractivity (Wildman–Crippen MR) is 77.5 cm³/mol. The van der Waals surface area contributed by atoms with Gasteiger partial charge in [0.2, 0.25) is 0 Å². The molecule has 3 nitrogen and oxygen atoms in total. The molecule has 0 radical (unpaired) electrons. The molecule has 0 bridgehead atoms. The van der Waals surface area contributed by atoms with Crippen molar-refractivity contribution < 1.29 is 9.53 Å². The second-order valence-corrected chi connectivity index (χ2v) is 5.66. The van der Waals surface area contributed by atoms with Gasteiger partial charge in [-0.2, -0.15) is 0 Å². The fourth-order valence-corrected chi connectivity index (χ4v) is 2.52. The van der Waals surface area contributed by atoms with Crippen molar-refractivity contribution >= 4 is 28.9 Å². The van der Waals surface area contributed by atoms with Gasteiger partial charge in [-0.05, 0) is 26.0 Å². The van der Waals surface area contributed by atoms with Crippen molar-refractivity contribution in [1.82, 2.24) is 4.98 Å². The molecule has 0 aliphatic heterocycles. The van der Waals surface area contributed by atoms with Gasteiger partial charge in [0.05, 0.1) is 18.2 Å². The van der Waals surface area contributed by atoms with E-state index in [2.05, 4.69) is 4.98 Å². The lowest BCUT2D eigenvalue weighted by Crippen LogP contribution is -2.13. The summed E-state index contributed by atoms with van der Waals surface area (Å²) in [5, 5.41) is 3.45. The summed E-state index contributed by atoms with van der Waals surface area (Å²) in [5.74, 6) is -0.247. The molecule has 0 aliphatic rings. The Bertz CT molecular complexity index is 563. The van der Waals surface area contributed by atoms with Gasteiger partial charge < -0.3 is 4.74 Å². The highest BCUT2D eigenvalue weighted by molar-refractivity contribution is 7.13. The minimum Gasteiger partial charge on any atom is -0.463 e. The van der Waals surface area contributed by atoms with Gasteiger partial charge in [0.25, 0.3) is 0 Å². The Morgan fingerprint density at radius 2 is 2.05 bits per heavy atom. The minimum atomic E-state index is -0.247. The quantitative estimate of drug-likeness (QED) is 0.802. The van der Waals surface area contributed by atoms with Crippen molar-refractivity contribution in [3.05, 3.63) is 40.4 Å². The fraction of sp³-hybridized carbons (Fsp3) is 0.286. The van der Waals surface area contributed by atoms with E-state index in [-0.39, 0.29) is 18.5 Å². The molecule has 0 saturated heterocycles. The molecule has 0 spiro atoms. The molecule has 0 fully saturated rings. The molecule has 0 amide bonds. The Morgan fingerprint density at radius 1 is 1.37 bits per heavy atom. The van der Waals surface area contributed by atoms with Crippen LogP contribution in [0.1, 0.15) is 19.5 Å². The number of hydrogen-bond donors (Lipinski definition) is 0. The number of halogens is 1. The zero-order chi connectivity index (χ0) is 13.8. The molecular weight excluding hydrogens is 282 g/mol. The van der Waals surface area contributed by atoms with Crippen LogP contribution < -0.4 is 0 Å². The molecular formula is C14H14ClNO2S. The van der Waals surface area contributed by atoms with E-state index < -0.39 is 0 Å². The number of rotatable bonds is 4. The molecule has 0 saturated carbocycles. The number of carbonyl (C=O) groups is 1. The maximum atomic E-state index is 11.5. The van der Waals surface area contributed by atoms with Crippen molar-refractivity contribution in [3.8, 4) is 10.6 Å². The number of aromatic nitrogens is 1. The normalized spacial score (nSPS) is 10.7. The van der Waals surface area contributed by atoms with Gasteiger partial charge in [-0.15, -0.1) is 11.3 Å². The van der Waals surface area contributed by atoms with Gasteiger partial charge in [-0.3, -0.25) is 4.79 Å². The summed E-state index contributed by atoms with van der Waals surface area (Å²) < 4.78 is 5.09. The van der Waals surface area contributed by atoms with E-state index in [0.29, 0.717) is 5.02 Å². The first-order valence-corrected chi connectivity index (χ1v) is 7.20. The van der Waals surface area contributed by atoms with Crippen LogP contribution in [0.2, 0.25) is 5.02 Å². The van der Waals surface area contributed by atoms with Crippen LogP contribution in [0.5, 0.6) is 0 Å². The second-order valence-electron chi connectivity index (χ2n) is 4.37. The van der Waals surface area contributed by atoms with Crippen molar-refractivity contribution in [2.75, 3.05) is 0 Å². The van der Waals surface area contributed by atoms with E-state index in [1.54, 1.807) is 0 Å². The van der Waals surface area contributed by atoms with E-state index in [4.69, 9.17) is 16.3 Å². The molecule has 2 rings (SSSR count). The smallest absolute Gasteiger partial charge is 0.312 e. The molecule has 0 N–H and O–H groups in total. The average Bonchev–Trinajstić information content (AvgIpc) is 2.77. The highest BCUT2D eigenvalue weighted by atomic mass is 35.5. The van der Waals surface area contributed by atoms with Gasteiger partial charge in [-0.25, -0.2) is 4.98 Å². The highest BCUT2D eigenvalue weighted by Crippen LogP contribution is 2.25. The second kappa shape index (κ2) is 6.17. The van der Waals surface area contributed by atoms with Gasteiger partial charge in [0.1, 0.15) is 5.01 Å². The molecule has 5 heteroatoms. The lowest BCUT2D eigenvalue weighted by atomic mass is 10.2. The van der Waals surface area contributed by atoms with Crippen molar-refractivity contribution in [2.45, 2.75) is 26.4 Å². The van der Waals surface area contributed by atoms with Crippen LogP contribution in [0.4, 0.5) is 0 Å². The number of esters is 1. The summed E-state index contributed by atoms with van der Waals surface area (Å²) in [7, 11) is 0. The summed E-state index contributed by atoms with van der Waals surface area (Å²) in [5.41, 5.74) is 1.73. The topological polar surface area (TPSA) is 39.2 Å². The summed E-state index contributed by atoms with van der Waals surface area (Å²) in [6.07, 6.45) is 0.115. The zero-order valence-corrected chi connectivity index (χ0v) is 12.3. The third kappa shape index (κ3) is 4.04. The first kappa shape index (κ1) is 14.0. The Labute approximate surface area is 121 Å². The Morgan fingerprint density at radius 3 is 2.68 bits per heavy atom. The molecule has 0 aliphatic carbocycles. The maximum absolute atomic E-state index is 11.5. The molecule has 1 heterocycles. The van der Waals surface area contributed by atoms with Crippen LogP contribution in [-0.4, -0.2) is 17.1 Å². The van der Waals surface area contributed by atoms with E-state index in [9.17, 15) is 4.79 Å². The standard InChI is InChI=1S/C14H14ClNO2S/c1-9(2)18-13(17)7-12-8-19-14(16-12)10-3-5-11(15)6-4-10/h3-6,8-9H,7H2,1-2H3. The van der Waals surface area contributed by atoms with Crippen LogP contribution in [0.15, 0.2) is 29.6 Å². The van der Waals surface area contributed by atoms with Crippen LogP contribution in [-0.2, 0) is 16.0 Å². The Kier molecular flexibility index (Phi) is 4.56. The fourth-order valence-electron chi connectivity index (χ4n) is 1.57. The lowest BCUT2D eigenvalue weighted by molar-refractivity contribution is -0.146. The Hall–Kier alpha value is -1.39. The molecule has 100 valence electrons. The Balaban J connectivity index is 2.07. The summed E-state index contributed by atoms with van der Waals surface area (Å²) in [6, 6.07) is 7.48. The van der Waals surface area contributed by atoms with E-state index in [0.717, 1.165) is 16.3 Å². The molecule has 1 aromatic heterocycles. The van der Waals surface area contributed by atoms with Crippen LogP contribution >= 0.6 is 22.9 Å². The van der Waals surface area contributed by atoms with E-state index in [1.807, 2.05) is 43.5 Å². The number of thiazole rings is 1. The first-order valence-electron chi connectivity index (χ1n) is 5.94. The maximum Gasteiger partial charge on any atom is 0.312 e. The predicted octanol–water partition coefficient (Wildman–Crippen LogP) is 3.96. The minimum absolute atomic E-state index is 0.0955. The van der Waals surface area contributed by atoms with Gasteiger partial charge >= 0.3 is 5.97 Å². The number of hydrogen-bond acceptors (Lipinski definition) is 4. The number of ether oxygens (including phenoxy) is 1. The summed E-state index contributed by atoms with van der Waals surface area (Å²) in [6.45, 7) is 3.66. The number of benzene rings is 1. The molecule has 2 aromatic rings.